The lowest BCUT2D eigenvalue weighted by Gasteiger charge is -2.23. The minimum Gasteiger partial charge on any atom is -0.370 e. The van der Waals surface area contributed by atoms with Gasteiger partial charge in [0.2, 0.25) is 0 Å². The van der Waals surface area contributed by atoms with Crippen LogP contribution in [-0.2, 0) is 9.84 Å². The van der Waals surface area contributed by atoms with Crippen molar-refractivity contribution in [1.29, 1.82) is 0 Å². The molecule has 5 nitrogen and oxygen atoms in total. The van der Waals surface area contributed by atoms with Crippen LogP contribution in [0.25, 0.3) is 0 Å². The van der Waals surface area contributed by atoms with Gasteiger partial charge in [0.1, 0.15) is 0 Å². The molecule has 1 heterocycles. The fraction of sp³-hybridized carbons (Fsp3) is 0.417. The molecule has 1 aliphatic heterocycles. The number of nitrogens with two attached hydrogens (primary N) is 1. The molecular weight excluding hydrogens is 250 g/mol. The molecule has 0 aliphatic carbocycles. The first kappa shape index (κ1) is 12.9. The number of benzene rings is 1. The van der Waals surface area contributed by atoms with Crippen LogP contribution >= 0.6 is 0 Å². The van der Waals surface area contributed by atoms with Gasteiger partial charge in [0.05, 0.1) is 16.7 Å². The van der Waals surface area contributed by atoms with Crippen molar-refractivity contribution < 1.29 is 8.42 Å². The Morgan fingerprint density at radius 3 is 2.61 bits per heavy atom. The lowest BCUT2D eigenvalue weighted by atomic mass is 10.0. The Balaban J connectivity index is 2.21. The number of nitrogens with zero attached hydrogens (tertiary/aromatic N) is 1. The van der Waals surface area contributed by atoms with Crippen LogP contribution in [0.15, 0.2) is 34.2 Å². The number of hydrogen-bond donors (Lipinski definition) is 2. The second-order valence-electron chi connectivity index (χ2n) is 4.23. The molecule has 0 saturated carbocycles. The van der Waals surface area contributed by atoms with Gasteiger partial charge in [-0.1, -0.05) is 19.1 Å². The van der Waals surface area contributed by atoms with Crippen LogP contribution in [0.4, 0.5) is 0 Å². The monoisotopic (exact) mass is 267 g/mol. The van der Waals surface area contributed by atoms with E-state index in [0.29, 0.717) is 17.4 Å². The zero-order chi connectivity index (χ0) is 13.2. The summed E-state index contributed by atoms with van der Waals surface area (Å²) in [7, 11) is -3.13. The Hall–Kier alpha value is -1.56. The standard InChI is InChI=1S/C12H17N3O2S/c1-2-18(16,17)10-5-3-9(4-6-10)11-7-8-14-12(13)15-11/h3-6,11H,2,7-8H2,1H3,(H3,13,14,15). The predicted octanol–water partition coefficient (Wildman–Crippen LogP) is 0.829. The van der Waals surface area contributed by atoms with Gasteiger partial charge in [0.15, 0.2) is 15.8 Å². The Labute approximate surface area is 107 Å². The Bertz CT molecular complexity index is 549. The number of rotatable bonds is 3. The normalized spacial score (nSPS) is 20.1. The third kappa shape index (κ3) is 2.64. The van der Waals surface area contributed by atoms with Gasteiger partial charge in [-0.05, 0) is 24.1 Å². The second-order valence-corrected chi connectivity index (χ2v) is 6.50. The summed E-state index contributed by atoms with van der Waals surface area (Å²) in [5.74, 6) is 0.560. The first-order chi connectivity index (χ1) is 8.53. The van der Waals surface area contributed by atoms with Crippen molar-refractivity contribution >= 4 is 15.8 Å². The van der Waals surface area contributed by atoms with E-state index in [1.807, 2.05) is 12.1 Å². The van der Waals surface area contributed by atoms with Crippen LogP contribution in [0, 0.1) is 0 Å². The molecule has 0 radical (unpaired) electrons. The molecule has 2 rings (SSSR count). The SMILES string of the molecule is CCS(=O)(=O)c1ccc(C2CCN=C(N)N2)cc1. The van der Waals surface area contributed by atoms with E-state index in [0.717, 1.165) is 12.0 Å². The molecule has 6 heteroatoms. The summed E-state index contributed by atoms with van der Waals surface area (Å²) >= 11 is 0. The first-order valence-corrected chi connectivity index (χ1v) is 7.57. The number of hydrogen-bond acceptors (Lipinski definition) is 5. The third-order valence-electron chi connectivity index (χ3n) is 3.04. The van der Waals surface area contributed by atoms with Crippen LogP contribution in [0.1, 0.15) is 24.9 Å². The zero-order valence-electron chi connectivity index (χ0n) is 10.3. The quantitative estimate of drug-likeness (QED) is 0.849. The highest BCUT2D eigenvalue weighted by atomic mass is 32.2. The van der Waals surface area contributed by atoms with E-state index in [4.69, 9.17) is 5.73 Å². The molecule has 18 heavy (non-hydrogen) atoms. The van der Waals surface area contributed by atoms with Crippen LogP contribution in [0.5, 0.6) is 0 Å². The molecule has 1 aliphatic rings. The smallest absolute Gasteiger partial charge is 0.189 e. The van der Waals surface area contributed by atoms with Gasteiger partial charge in [-0.3, -0.25) is 4.99 Å². The lowest BCUT2D eigenvalue weighted by molar-refractivity contribution is 0.567. The molecule has 0 fully saturated rings. The molecule has 3 N–H and O–H groups in total. The number of aliphatic imine (C=N–C) groups is 1. The Kier molecular flexibility index (Phi) is 3.56. The summed E-state index contributed by atoms with van der Waals surface area (Å²) in [5, 5.41) is 3.08. The molecular formula is C12H17N3O2S. The summed E-state index contributed by atoms with van der Waals surface area (Å²) < 4.78 is 23.4. The van der Waals surface area contributed by atoms with Crippen molar-refractivity contribution in [3.05, 3.63) is 29.8 Å². The van der Waals surface area contributed by atoms with E-state index in [2.05, 4.69) is 10.3 Å². The largest absolute Gasteiger partial charge is 0.370 e. The fourth-order valence-corrected chi connectivity index (χ4v) is 2.82. The lowest BCUT2D eigenvalue weighted by Crippen LogP contribution is -2.38. The van der Waals surface area contributed by atoms with E-state index in [1.165, 1.54) is 0 Å². The van der Waals surface area contributed by atoms with Gasteiger partial charge >= 0.3 is 0 Å². The molecule has 1 aromatic carbocycles. The van der Waals surface area contributed by atoms with Crippen molar-refractivity contribution in [1.82, 2.24) is 5.32 Å². The summed E-state index contributed by atoms with van der Waals surface area (Å²) in [6.07, 6.45) is 0.862. The molecule has 98 valence electrons. The van der Waals surface area contributed by atoms with Crippen LogP contribution in [-0.4, -0.2) is 26.7 Å². The fourth-order valence-electron chi connectivity index (χ4n) is 1.93. The van der Waals surface area contributed by atoms with Crippen molar-refractivity contribution in [3.63, 3.8) is 0 Å². The minimum absolute atomic E-state index is 0.112. The summed E-state index contributed by atoms with van der Waals surface area (Å²) in [4.78, 5) is 4.43. The number of guanidine groups is 1. The maximum Gasteiger partial charge on any atom is 0.189 e. The second kappa shape index (κ2) is 4.97. The molecule has 0 aromatic heterocycles. The Morgan fingerprint density at radius 1 is 1.39 bits per heavy atom. The molecule has 0 bridgehead atoms. The van der Waals surface area contributed by atoms with Gasteiger partial charge in [0.25, 0.3) is 0 Å². The third-order valence-corrected chi connectivity index (χ3v) is 4.79. The van der Waals surface area contributed by atoms with E-state index >= 15 is 0 Å². The molecule has 1 unspecified atom stereocenters. The maximum absolute atomic E-state index is 11.7. The average molecular weight is 267 g/mol. The van der Waals surface area contributed by atoms with E-state index in [1.54, 1.807) is 19.1 Å². The molecule has 0 spiro atoms. The highest BCUT2D eigenvalue weighted by Crippen LogP contribution is 2.21. The van der Waals surface area contributed by atoms with Gasteiger partial charge in [-0.2, -0.15) is 0 Å². The van der Waals surface area contributed by atoms with Gasteiger partial charge in [-0.25, -0.2) is 8.42 Å². The molecule has 1 atom stereocenters. The highest BCUT2D eigenvalue weighted by molar-refractivity contribution is 7.91. The van der Waals surface area contributed by atoms with Gasteiger partial charge < -0.3 is 11.1 Å². The van der Waals surface area contributed by atoms with Crippen molar-refractivity contribution in [2.75, 3.05) is 12.3 Å². The van der Waals surface area contributed by atoms with Crippen molar-refractivity contribution in [3.8, 4) is 0 Å². The average Bonchev–Trinajstić information content (AvgIpc) is 2.39. The predicted molar refractivity (Wildman–Crippen MR) is 71.2 cm³/mol. The van der Waals surface area contributed by atoms with E-state index in [9.17, 15) is 8.42 Å². The first-order valence-electron chi connectivity index (χ1n) is 5.92. The molecule has 1 aromatic rings. The molecule has 0 saturated heterocycles. The van der Waals surface area contributed by atoms with E-state index < -0.39 is 9.84 Å². The summed E-state index contributed by atoms with van der Waals surface area (Å²) in [6, 6.07) is 7.08. The minimum atomic E-state index is -3.13. The van der Waals surface area contributed by atoms with E-state index in [-0.39, 0.29) is 11.8 Å². The number of sulfone groups is 1. The van der Waals surface area contributed by atoms with Gasteiger partial charge in [0, 0.05) is 6.54 Å². The van der Waals surface area contributed by atoms with Gasteiger partial charge in [-0.15, -0.1) is 0 Å². The maximum atomic E-state index is 11.7. The van der Waals surface area contributed by atoms with Crippen LogP contribution < -0.4 is 11.1 Å². The number of nitrogens with one attached hydrogen (secondary N) is 1. The topological polar surface area (TPSA) is 84.5 Å². The van der Waals surface area contributed by atoms with Crippen LogP contribution in [0.2, 0.25) is 0 Å². The van der Waals surface area contributed by atoms with Crippen LogP contribution in [0.3, 0.4) is 0 Å². The van der Waals surface area contributed by atoms with Crippen molar-refractivity contribution in [2.45, 2.75) is 24.3 Å². The summed E-state index contributed by atoms with van der Waals surface area (Å²) in [5.41, 5.74) is 6.66. The Morgan fingerprint density at radius 2 is 2.06 bits per heavy atom. The highest BCUT2D eigenvalue weighted by Gasteiger charge is 2.17. The van der Waals surface area contributed by atoms with Crippen molar-refractivity contribution in [2.24, 2.45) is 10.7 Å². The molecule has 0 amide bonds. The summed E-state index contributed by atoms with van der Waals surface area (Å²) in [6.45, 7) is 2.33. The zero-order valence-corrected chi connectivity index (χ0v) is 11.1.